The molecule has 0 radical (unpaired) electrons. The SMILES string of the molecule is CCOc1cccc(C(N)Cc2ccc(I)cc2)c1. The molecule has 2 nitrogen and oxygen atoms in total. The summed E-state index contributed by atoms with van der Waals surface area (Å²) in [6.45, 7) is 2.66. The molecule has 0 spiro atoms. The maximum Gasteiger partial charge on any atom is 0.119 e. The highest BCUT2D eigenvalue weighted by molar-refractivity contribution is 14.1. The molecular formula is C16H18INO. The summed E-state index contributed by atoms with van der Waals surface area (Å²) in [7, 11) is 0. The third kappa shape index (κ3) is 4.21. The summed E-state index contributed by atoms with van der Waals surface area (Å²) < 4.78 is 6.75. The lowest BCUT2D eigenvalue weighted by Crippen LogP contribution is -2.13. The number of halogens is 1. The zero-order chi connectivity index (χ0) is 13.7. The van der Waals surface area contributed by atoms with Crippen molar-refractivity contribution in [2.45, 2.75) is 19.4 Å². The van der Waals surface area contributed by atoms with Crippen molar-refractivity contribution in [1.82, 2.24) is 0 Å². The Morgan fingerprint density at radius 2 is 1.89 bits per heavy atom. The fraction of sp³-hybridized carbons (Fsp3) is 0.250. The lowest BCUT2D eigenvalue weighted by molar-refractivity contribution is 0.339. The van der Waals surface area contributed by atoms with Crippen molar-refractivity contribution in [3.8, 4) is 5.75 Å². The Morgan fingerprint density at radius 3 is 2.58 bits per heavy atom. The molecule has 0 heterocycles. The normalized spacial score (nSPS) is 12.2. The van der Waals surface area contributed by atoms with Crippen LogP contribution >= 0.6 is 22.6 Å². The van der Waals surface area contributed by atoms with E-state index in [1.165, 1.54) is 9.13 Å². The van der Waals surface area contributed by atoms with E-state index in [4.69, 9.17) is 10.5 Å². The lowest BCUT2D eigenvalue weighted by atomic mass is 10.00. The number of nitrogens with two attached hydrogens (primary N) is 1. The zero-order valence-electron chi connectivity index (χ0n) is 11.0. The molecule has 0 aliphatic rings. The Morgan fingerprint density at radius 1 is 1.16 bits per heavy atom. The number of rotatable bonds is 5. The van der Waals surface area contributed by atoms with E-state index in [9.17, 15) is 0 Å². The van der Waals surface area contributed by atoms with Gasteiger partial charge in [0.15, 0.2) is 0 Å². The zero-order valence-corrected chi connectivity index (χ0v) is 13.1. The highest BCUT2D eigenvalue weighted by atomic mass is 127. The van der Waals surface area contributed by atoms with Crippen molar-refractivity contribution >= 4 is 22.6 Å². The van der Waals surface area contributed by atoms with Crippen LogP contribution in [-0.4, -0.2) is 6.61 Å². The van der Waals surface area contributed by atoms with Crippen LogP contribution in [0.1, 0.15) is 24.1 Å². The molecule has 100 valence electrons. The third-order valence-corrected chi connectivity index (χ3v) is 3.69. The van der Waals surface area contributed by atoms with Gasteiger partial charge in [0, 0.05) is 9.61 Å². The van der Waals surface area contributed by atoms with Crippen LogP contribution in [0.5, 0.6) is 5.75 Å². The van der Waals surface area contributed by atoms with Gasteiger partial charge in [-0.05, 0) is 71.3 Å². The Kier molecular flexibility index (Phi) is 5.22. The molecule has 0 saturated carbocycles. The van der Waals surface area contributed by atoms with Gasteiger partial charge >= 0.3 is 0 Å². The molecule has 0 saturated heterocycles. The minimum atomic E-state index is 0.000433. The van der Waals surface area contributed by atoms with Crippen molar-refractivity contribution in [3.05, 3.63) is 63.2 Å². The van der Waals surface area contributed by atoms with Crippen molar-refractivity contribution in [2.75, 3.05) is 6.61 Å². The summed E-state index contributed by atoms with van der Waals surface area (Å²) in [5, 5.41) is 0. The number of ether oxygens (including phenoxy) is 1. The van der Waals surface area contributed by atoms with Crippen molar-refractivity contribution in [1.29, 1.82) is 0 Å². The monoisotopic (exact) mass is 367 g/mol. The summed E-state index contributed by atoms with van der Waals surface area (Å²) in [6.07, 6.45) is 0.840. The van der Waals surface area contributed by atoms with E-state index >= 15 is 0 Å². The molecule has 0 bridgehead atoms. The van der Waals surface area contributed by atoms with Gasteiger partial charge in [-0.25, -0.2) is 0 Å². The summed E-state index contributed by atoms with van der Waals surface area (Å²) in [5.41, 5.74) is 8.65. The average Bonchev–Trinajstić information content (AvgIpc) is 2.42. The van der Waals surface area contributed by atoms with Gasteiger partial charge in [-0.1, -0.05) is 24.3 Å². The van der Waals surface area contributed by atoms with E-state index in [1.54, 1.807) is 0 Å². The third-order valence-electron chi connectivity index (χ3n) is 2.97. The molecule has 2 N–H and O–H groups in total. The second-order valence-corrected chi connectivity index (χ2v) is 5.69. The van der Waals surface area contributed by atoms with Gasteiger partial charge in [0.2, 0.25) is 0 Å². The van der Waals surface area contributed by atoms with Gasteiger partial charge in [0.05, 0.1) is 6.61 Å². The smallest absolute Gasteiger partial charge is 0.119 e. The Hall–Kier alpha value is -1.07. The van der Waals surface area contributed by atoms with Crippen LogP contribution in [0.15, 0.2) is 48.5 Å². The summed E-state index contributed by atoms with van der Waals surface area (Å²) in [4.78, 5) is 0. The van der Waals surface area contributed by atoms with E-state index in [-0.39, 0.29) is 6.04 Å². The predicted molar refractivity (Wildman–Crippen MR) is 87.4 cm³/mol. The first-order valence-corrected chi connectivity index (χ1v) is 7.49. The molecule has 2 aromatic rings. The summed E-state index contributed by atoms with van der Waals surface area (Å²) in [6, 6.07) is 16.5. The van der Waals surface area contributed by atoms with Crippen LogP contribution in [0, 0.1) is 3.57 Å². The van der Waals surface area contributed by atoms with Crippen molar-refractivity contribution < 1.29 is 4.74 Å². The topological polar surface area (TPSA) is 35.2 Å². The molecule has 2 rings (SSSR count). The van der Waals surface area contributed by atoms with E-state index in [0.29, 0.717) is 6.61 Å². The largest absolute Gasteiger partial charge is 0.494 e. The van der Waals surface area contributed by atoms with Crippen LogP contribution in [0.2, 0.25) is 0 Å². The van der Waals surface area contributed by atoms with Crippen LogP contribution in [0.4, 0.5) is 0 Å². The van der Waals surface area contributed by atoms with Gasteiger partial charge in [-0.15, -0.1) is 0 Å². The molecule has 0 aliphatic carbocycles. The maximum absolute atomic E-state index is 6.27. The molecule has 2 aromatic carbocycles. The van der Waals surface area contributed by atoms with Gasteiger partial charge in [0.1, 0.15) is 5.75 Å². The Bertz CT molecular complexity index is 525. The van der Waals surface area contributed by atoms with Crippen LogP contribution in [0.25, 0.3) is 0 Å². The first kappa shape index (κ1) is 14.3. The minimum absolute atomic E-state index is 0.000433. The van der Waals surface area contributed by atoms with Gasteiger partial charge < -0.3 is 10.5 Å². The second kappa shape index (κ2) is 6.91. The highest BCUT2D eigenvalue weighted by Crippen LogP contribution is 2.21. The molecule has 19 heavy (non-hydrogen) atoms. The lowest BCUT2D eigenvalue weighted by Gasteiger charge is -2.13. The predicted octanol–water partition coefficient (Wildman–Crippen LogP) is 3.93. The molecule has 0 fully saturated rings. The quantitative estimate of drug-likeness (QED) is 0.813. The van der Waals surface area contributed by atoms with Gasteiger partial charge in [-0.3, -0.25) is 0 Å². The molecule has 0 amide bonds. The first-order chi connectivity index (χ1) is 9.19. The highest BCUT2D eigenvalue weighted by Gasteiger charge is 2.08. The van der Waals surface area contributed by atoms with Crippen molar-refractivity contribution in [2.24, 2.45) is 5.73 Å². The van der Waals surface area contributed by atoms with Crippen LogP contribution in [0.3, 0.4) is 0 Å². The van der Waals surface area contributed by atoms with Crippen LogP contribution < -0.4 is 10.5 Å². The maximum atomic E-state index is 6.27. The molecule has 0 aromatic heterocycles. The number of benzene rings is 2. The Balaban J connectivity index is 2.08. The molecule has 1 atom stereocenters. The average molecular weight is 367 g/mol. The number of hydrogen-bond donors (Lipinski definition) is 1. The Labute approximate surface area is 128 Å². The van der Waals surface area contributed by atoms with Gasteiger partial charge in [0.25, 0.3) is 0 Å². The molecule has 0 aliphatic heterocycles. The van der Waals surface area contributed by atoms with Crippen molar-refractivity contribution in [3.63, 3.8) is 0 Å². The fourth-order valence-corrected chi connectivity index (χ4v) is 2.35. The molecule has 3 heteroatoms. The molecule has 1 unspecified atom stereocenters. The van der Waals surface area contributed by atoms with E-state index in [1.807, 2.05) is 25.1 Å². The number of hydrogen-bond acceptors (Lipinski definition) is 2. The minimum Gasteiger partial charge on any atom is -0.494 e. The fourth-order valence-electron chi connectivity index (χ4n) is 1.99. The van der Waals surface area contributed by atoms with Crippen LogP contribution in [-0.2, 0) is 6.42 Å². The van der Waals surface area contributed by atoms with E-state index in [2.05, 4.69) is 52.9 Å². The van der Waals surface area contributed by atoms with E-state index < -0.39 is 0 Å². The second-order valence-electron chi connectivity index (χ2n) is 4.44. The molecular weight excluding hydrogens is 349 g/mol. The summed E-state index contributed by atoms with van der Waals surface area (Å²) >= 11 is 2.31. The standard InChI is InChI=1S/C16H18INO/c1-2-19-15-5-3-4-13(11-15)16(18)10-12-6-8-14(17)9-7-12/h3-9,11,16H,2,10,18H2,1H3. The first-order valence-electron chi connectivity index (χ1n) is 6.42. The van der Waals surface area contributed by atoms with Gasteiger partial charge in [-0.2, -0.15) is 0 Å². The summed E-state index contributed by atoms with van der Waals surface area (Å²) in [5.74, 6) is 0.887. The van der Waals surface area contributed by atoms with E-state index in [0.717, 1.165) is 17.7 Å².